The van der Waals surface area contributed by atoms with Crippen LogP contribution in [0.1, 0.15) is 0 Å². The van der Waals surface area contributed by atoms with E-state index in [0.29, 0.717) is 11.0 Å². The number of allylic oxidation sites excluding steroid dienone is 1. The molecule has 58 valence electrons. The van der Waals surface area contributed by atoms with E-state index in [1.165, 1.54) is 17.1 Å². The summed E-state index contributed by atoms with van der Waals surface area (Å²) in [5.41, 5.74) is -0.0834. The highest BCUT2D eigenvalue weighted by Crippen LogP contribution is 1.97. The van der Waals surface area contributed by atoms with Crippen molar-refractivity contribution in [2.45, 2.75) is 6.54 Å². The van der Waals surface area contributed by atoms with Crippen LogP contribution < -0.4 is 5.56 Å². The Kier molecular flexibility index (Phi) is 2.59. The number of halogens is 1. The second-order valence-electron chi connectivity index (χ2n) is 1.99. The molecule has 0 aliphatic carbocycles. The molecule has 0 saturated carbocycles. The van der Waals surface area contributed by atoms with Crippen molar-refractivity contribution in [2.75, 3.05) is 0 Å². The van der Waals surface area contributed by atoms with Crippen molar-refractivity contribution in [1.29, 1.82) is 0 Å². The van der Waals surface area contributed by atoms with Crippen molar-refractivity contribution >= 4 is 15.9 Å². The van der Waals surface area contributed by atoms with Gasteiger partial charge in [0.25, 0.3) is 5.56 Å². The lowest BCUT2D eigenvalue weighted by Gasteiger charge is -1.98. The summed E-state index contributed by atoms with van der Waals surface area (Å²) >= 11 is 3.09. The van der Waals surface area contributed by atoms with Gasteiger partial charge in [-0.15, -0.1) is 6.58 Å². The average molecular weight is 215 g/mol. The van der Waals surface area contributed by atoms with Crippen LogP contribution in [0.4, 0.5) is 0 Å². The normalized spacial score (nSPS) is 9.55. The minimum absolute atomic E-state index is 0.0834. The van der Waals surface area contributed by atoms with Gasteiger partial charge in [0, 0.05) is 12.7 Å². The van der Waals surface area contributed by atoms with Gasteiger partial charge in [-0.3, -0.25) is 9.36 Å². The number of aromatic nitrogens is 2. The van der Waals surface area contributed by atoms with Crippen LogP contribution in [0.25, 0.3) is 0 Å². The van der Waals surface area contributed by atoms with Gasteiger partial charge in [0.2, 0.25) is 0 Å². The van der Waals surface area contributed by atoms with Crippen LogP contribution in [0, 0.1) is 0 Å². The molecule has 0 unspecified atom stereocenters. The molecule has 0 fully saturated rings. The van der Waals surface area contributed by atoms with Gasteiger partial charge < -0.3 is 0 Å². The monoisotopic (exact) mass is 214 g/mol. The van der Waals surface area contributed by atoms with Crippen molar-refractivity contribution in [3.05, 3.63) is 40.0 Å². The minimum atomic E-state index is -0.0834. The standard InChI is InChI=1S/C7H7BrN2O/c1-2-3-10-5-9-4-6(8)7(10)11/h2,4-5H,1,3H2. The van der Waals surface area contributed by atoms with Crippen LogP contribution in [-0.2, 0) is 6.54 Å². The van der Waals surface area contributed by atoms with Crippen LogP contribution >= 0.6 is 15.9 Å². The molecule has 3 nitrogen and oxygen atoms in total. The maximum absolute atomic E-state index is 11.2. The Bertz CT molecular complexity index is 318. The zero-order chi connectivity index (χ0) is 8.27. The molecular formula is C7H7BrN2O. The molecule has 0 amide bonds. The summed E-state index contributed by atoms with van der Waals surface area (Å²) in [6, 6.07) is 0. The summed E-state index contributed by atoms with van der Waals surface area (Å²) in [7, 11) is 0. The predicted molar refractivity (Wildman–Crippen MR) is 46.4 cm³/mol. The molecule has 0 N–H and O–H groups in total. The quantitative estimate of drug-likeness (QED) is 0.694. The summed E-state index contributed by atoms with van der Waals surface area (Å²) in [5.74, 6) is 0. The Hall–Kier alpha value is -0.900. The maximum atomic E-state index is 11.2. The predicted octanol–water partition coefficient (Wildman–Crippen LogP) is 1.19. The van der Waals surface area contributed by atoms with Crippen LogP contribution in [0.15, 0.2) is 34.4 Å². The molecule has 0 bridgehead atoms. The molecule has 0 aliphatic rings. The Morgan fingerprint density at radius 3 is 3.18 bits per heavy atom. The molecule has 1 aromatic heterocycles. The van der Waals surface area contributed by atoms with Gasteiger partial charge in [0.05, 0.1) is 6.33 Å². The lowest BCUT2D eigenvalue weighted by atomic mass is 10.5. The first-order valence-corrected chi connectivity index (χ1v) is 3.86. The van der Waals surface area contributed by atoms with E-state index in [0.717, 1.165) is 0 Å². The fraction of sp³-hybridized carbons (Fsp3) is 0.143. The Morgan fingerprint density at radius 2 is 2.55 bits per heavy atom. The Labute approximate surface area is 72.5 Å². The first kappa shape index (κ1) is 8.20. The molecule has 1 heterocycles. The minimum Gasteiger partial charge on any atom is -0.294 e. The first-order valence-electron chi connectivity index (χ1n) is 3.06. The van der Waals surface area contributed by atoms with Gasteiger partial charge in [0.15, 0.2) is 0 Å². The molecule has 0 aliphatic heterocycles. The Morgan fingerprint density at radius 1 is 1.82 bits per heavy atom. The van der Waals surface area contributed by atoms with Gasteiger partial charge in [0.1, 0.15) is 4.47 Å². The van der Waals surface area contributed by atoms with E-state index in [1.54, 1.807) is 6.08 Å². The van der Waals surface area contributed by atoms with E-state index in [9.17, 15) is 4.79 Å². The number of hydrogen-bond donors (Lipinski definition) is 0. The van der Waals surface area contributed by atoms with Crippen LogP contribution in [-0.4, -0.2) is 9.55 Å². The maximum Gasteiger partial charge on any atom is 0.267 e. The van der Waals surface area contributed by atoms with Crippen LogP contribution in [0.5, 0.6) is 0 Å². The molecular weight excluding hydrogens is 208 g/mol. The van der Waals surface area contributed by atoms with E-state index in [-0.39, 0.29) is 5.56 Å². The second kappa shape index (κ2) is 3.48. The highest BCUT2D eigenvalue weighted by Gasteiger charge is 1.96. The molecule has 0 atom stereocenters. The third-order valence-electron chi connectivity index (χ3n) is 1.18. The van der Waals surface area contributed by atoms with E-state index in [2.05, 4.69) is 27.5 Å². The third kappa shape index (κ3) is 1.77. The van der Waals surface area contributed by atoms with Crippen molar-refractivity contribution in [2.24, 2.45) is 0 Å². The summed E-state index contributed by atoms with van der Waals surface area (Å²) in [4.78, 5) is 15.0. The highest BCUT2D eigenvalue weighted by molar-refractivity contribution is 9.10. The van der Waals surface area contributed by atoms with Gasteiger partial charge in [-0.1, -0.05) is 6.08 Å². The van der Waals surface area contributed by atoms with Crippen molar-refractivity contribution in [3.8, 4) is 0 Å². The average Bonchev–Trinajstić information content (AvgIpc) is 1.99. The zero-order valence-electron chi connectivity index (χ0n) is 5.83. The SMILES string of the molecule is C=CCn1cncc(Br)c1=O. The first-order chi connectivity index (χ1) is 5.25. The molecule has 4 heteroatoms. The van der Waals surface area contributed by atoms with Crippen molar-refractivity contribution < 1.29 is 0 Å². The fourth-order valence-electron chi connectivity index (χ4n) is 0.693. The Balaban J connectivity index is 3.16. The number of nitrogens with zero attached hydrogens (tertiary/aromatic N) is 2. The van der Waals surface area contributed by atoms with Crippen LogP contribution in [0.2, 0.25) is 0 Å². The van der Waals surface area contributed by atoms with E-state index in [4.69, 9.17) is 0 Å². The van der Waals surface area contributed by atoms with Gasteiger partial charge >= 0.3 is 0 Å². The number of rotatable bonds is 2. The fourth-order valence-corrected chi connectivity index (χ4v) is 1.04. The van der Waals surface area contributed by atoms with Crippen molar-refractivity contribution in [3.63, 3.8) is 0 Å². The van der Waals surface area contributed by atoms with Gasteiger partial charge in [-0.25, -0.2) is 4.98 Å². The molecule has 1 rings (SSSR count). The summed E-state index contributed by atoms with van der Waals surface area (Å²) in [5, 5.41) is 0. The molecule has 0 saturated heterocycles. The third-order valence-corrected chi connectivity index (χ3v) is 1.73. The van der Waals surface area contributed by atoms with E-state index in [1.807, 2.05) is 0 Å². The number of hydrogen-bond acceptors (Lipinski definition) is 2. The summed E-state index contributed by atoms with van der Waals surface area (Å²) in [6.07, 6.45) is 4.60. The lowest BCUT2D eigenvalue weighted by molar-refractivity contribution is 0.748. The molecule has 0 aromatic carbocycles. The largest absolute Gasteiger partial charge is 0.294 e. The molecule has 11 heavy (non-hydrogen) atoms. The molecule has 1 aromatic rings. The zero-order valence-corrected chi connectivity index (χ0v) is 7.41. The topological polar surface area (TPSA) is 34.9 Å². The summed E-state index contributed by atoms with van der Waals surface area (Å²) in [6.45, 7) is 4.02. The smallest absolute Gasteiger partial charge is 0.267 e. The van der Waals surface area contributed by atoms with Gasteiger partial charge in [-0.2, -0.15) is 0 Å². The van der Waals surface area contributed by atoms with Gasteiger partial charge in [-0.05, 0) is 15.9 Å². The lowest BCUT2D eigenvalue weighted by Crippen LogP contribution is -2.19. The summed E-state index contributed by atoms with van der Waals surface area (Å²) < 4.78 is 1.94. The van der Waals surface area contributed by atoms with E-state index >= 15 is 0 Å². The van der Waals surface area contributed by atoms with Crippen molar-refractivity contribution in [1.82, 2.24) is 9.55 Å². The highest BCUT2D eigenvalue weighted by atomic mass is 79.9. The second-order valence-corrected chi connectivity index (χ2v) is 2.84. The van der Waals surface area contributed by atoms with Crippen LogP contribution in [0.3, 0.4) is 0 Å². The molecule has 0 radical (unpaired) electrons. The van der Waals surface area contributed by atoms with E-state index < -0.39 is 0 Å². The molecule has 0 spiro atoms.